The summed E-state index contributed by atoms with van der Waals surface area (Å²) in [5.74, 6) is -0.955. The lowest BCUT2D eigenvalue weighted by Gasteiger charge is -2.01. The number of rotatable bonds is 2. The summed E-state index contributed by atoms with van der Waals surface area (Å²) in [4.78, 5) is 10.5. The van der Waals surface area contributed by atoms with E-state index < -0.39 is 11.7 Å². The first kappa shape index (κ1) is 9.19. The van der Waals surface area contributed by atoms with E-state index in [1.54, 1.807) is 12.1 Å². The van der Waals surface area contributed by atoms with Gasteiger partial charge in [-0.05, 0) is 12.1 Å². The van der Waals surface area contributed by atoms with Gasteiger partial charge >= 0.3 is 0 Å². The van der Waals surface area contributed by atoms with Crippen LogP contribution in [0.1, 0.15) is 5.56 Å². The molecule has 0 aliphatic heterocycles. The van der Waals surface area contributed by atoms with Crippen LogP contribution >= 0.6 is 15.9 Å². The van der Waals surface area contributed by atoms with Crippen LogP contribution in [0, 0.1) is 5.82 Å². The number of halogens is 2. The molecular weight excluding hydrogens is 225 g/mol. The van der Waals surface area contributed by atoms with Crippen LogP contribution in [-0.4, -0.2) is 5.91 Å². The van der Waals surface area contributed by atoms with E-state index in [4.69, 9.17) is 5.73 Å². The lowest BCUT2D eigenvalue weighted by atomic mass is 10.1. The third-order valence-electron chi connectivity index (χ3n) is 1.41. The molecule has 0 atom stereocenters. The number of carbonyl (C=O) groups is 1. The predicted octanol–water partition coefficient (Wildman–Crippen LogP) is 1.62. The summed E-state index contributed by atoms with van der Waals surface area (Å²) in [5.41, 5.74) is 5.25. The average molecular weight is 232 g/mol. The van der Waals surface area contributed by atoms with E-state index >= 15 is 0 Å². The van der Waals surface area contributed by atoms with Crippen LogP contribution in [0.15, 0.2) is 22.7 Å². The van der Waals surface area contributed by atoms with Crippen molar-refractivity contribution in [3.63, 3.8) is 0 Å². The highest BCUT2D eigenvalue weighted by Crippen LogP contribution is 2.19. The molecule has 0 aromatic heterocycles. The minimum absolute atomic E-state index is 0.0761. The fourth-order valence-corrected chi connectivity index (χ4v) is 1.36. The minimum atomic E-state index is -0.541. The summed E-state index contributed by atoms with van der Waals surface area (Å²) in [6.07, 6.45) is -0.0761. The standard InChI is InChI=1S/C8H7BrFNO/c9-6-2-1-3-7(10)5(6)4-8(11)12/h1-3H,4H2,(H2,11,12). The molecule has 0 spiro atoms. The monoisotopic (exact) mass is 231 g/mol. The summed E-state index contributed by atoms with van der Waals surface area (Å²) >= 11 is 3.13. The molecule has 1 amide bonds. The number of nitrogens with two attached hydrogens (primary N) is 1. The van der Waals surface area contributed by atoms with Crippen molar-refractivity contribution in [3.05, 3.63) is 34.1 Å². The topological polar surface area (TPSA) is 43.1 Å². The first-order valence-corrected chi connectivity index (χ1v) is 4.11. The zero-order valence-corrected chi connectivity index (χ0v) is 7.77. The van der Waals surface area contributed by atoms with Crippen molar-refractivity contribution in [1.29, 1.82) is 0 Å². The van der Waals surface area contributed by atoms with Gasteiger partial charge in [0, 0.05) is 10.0 Å². The highest BCUT2D eigenvalue weighted by Gasteiger charge is 2.08. The molecule has 0 aliphatic carbocycles. The van der Waals surface area contributed by atoms with E-state index in [-0.39, 0.29) is 6.42 Å². The largest absolute Gasteiger partial charge is 0.369 e. The van der Waals surface area contributed by atoms with Gasteiger partial charge < -0.3 is 5.73 Å². The summed E-state index contributed by atoms with van der Waals surface area (Å²) in [5, 5.41) is 0. The SMILES string of the molecule is NC(=O)Cc1c(F)cccc1Br. The molecule has 1 aromatic rings. The van der Waals surface area contributed by atoms with Crippen LogP contribution in [-0.2, 0) is 11.2 Å². The molecule has 0 radical (unpaired) electrons. The van der Waals surface area contributed by atoms with Gasteiger partial charge in [0.05, 0.1) is 6.42 Å². The zero-order chi connectivity index (χ0) is 9.14. The van der Waals surface area contributed by atoms with Crippen molar-refractivity contribution in [2.24, 2.45) is 5.73 Å². The number of benzene rings is 1. The molecule has 0 saturated carbocycles. The number of amides is 1. The van der Waals surface area contributed by atoms with E-state index in [0.29, 0.717) is 10.0 Å². The maximum Gasteiger partial charge on any atom is 0.221 e. The Labute approximate surface area is 77.7 Å². The minimum Gasteiger partial charge on any atom is -0.369 e. The molecule has 0 unspecified atom stereocenters. The highest BCUT2D eigenvalue weighted by atomic mass is 79.9. The quantitative estimate of drug-likeness (QED) is 0.827. The van der Waals surface area contributed by atoms with Crippen LogP contribution in [0.2, 0.25) is 0 Å². The second-order valence-electron chi connectivity index (χ2n) is 2.34. The second kappa shape index (κ2) is 3.67. The first-order chi connectivity index (χ1) is 5.61. The molecule has 12 heavy (non-hydrogen) atoms. The Kier molecular flexibility index (Phi) is 2.81. The Bertz CT molecular complexity index is 294. The molecule has 64 valence electrons. The Balaban J connectivity index is 3.04. The molecule has 2 nitrogen and oxygen atoms in total. The van der Waals surface area contributed by atoms with Crippen molar-refractivity contribution < 1.29 is 9.18 Å². The van der Waals surface area contributed by atoms with E-state index in [9.17, 15) is 9.18 Å². The van der Waals surface area contributed by atoms with Crippen LogP contribution in [0.25, 0.3) is 0 Å². The van der Waals surface area contributed by atoms with Crippen molar-refractivity contribution in [2.45, 2.75) is 6.42 Å². The molecule has 1 rings (SSSR count). The fourth-order valence-electron chi connectivity index (χ4n) is 0.875. The number of primary amides is 1. The van der Waals surface area contributed by atoms with E-state index in [2.05, 4.69) is 15.9 Å². The van der Waals surface area contributed by atoms with Gasteiger partial charge in [-0.25, -0.2) is 4.39 Å². The average Bonchev–Trinajstić information content (AvgIpc) is 1.97. The summed E-state index contributed by atoms with van der Waals surface area (Å²) < 4.78 is 13.5. The Morgan fingerprint density at radius 2 is 2.25 bits per heavy atom. The molecule has 0 saturated heterocycles. The Morgan fingerprint density at radius 3 is 2.75 bits per heavy atom. The summed E-state index contributed by atoms with van der Waals surface area (Å²) in [7, 11) is 0. The first-order valence-electron chi connectivity index (χ1n) is 3.32. The lowest BCUT2D eigenvalue weighted by Crippen LogP contribution is -2.14. The highest BCUT2D eigenvalue weighted by molar-refractivity contribution is 9.10. The van der Waals surface area contributed by atoms with Crippen LogP contribution in [0.3, 0.4) is 0 Å². The zero-order valence-electron chi connectivity index (χ0n) is 6.18. The van der Waals surface area contributed by atoms with Gasteiger partial charge in [0.1, 0.15) is 5.82 Å². The van der Waals surface area contributed by atoms with Gasteiger partial charge in [-0.15, -0.1) is 0 Å². The number of carbonyl (C=O) groups excluding carboxylic acids is 1. The molecule has 1 aromatic carbocycles. The van der Waals surface area contributed by atoms with Crippen molar-refractivity contribution in [1.82, 2.24) is 0 Å². The predicted molar refractivity (Wildman–Crippen MR) is 47.0 cm³/mol. The molecular formula is C8H7BrFNO. The van der Waals surface area contributed by atoms with Gasteiger partial charge in [0.2, 0.25) is 5.91 Å². The van der Waals surface area contributed by atoms with Crippen LogP contribution in [0.5, 0.6) is 0 Å². The van der Waals surface area contributed by atoms with Gasteiger partial charge in [-0.3, -0.25) is 4.79 Å². The van der Waals surface area contributed by atoms with Crippen LogP contribution in [0.4, 0.5) is 4.39 Å². The molecule has 0 aliphatic rings. The lowest BCUT2D eigenvalue weighted by molar-refractivity contribution is -0.117. The van der Waals surface area contributed by atoms with Crippen molar-refractivity contribution in [3.8, 4) is 0 Å². The molecule has 4 heteroatoms. The summed E-state index contributed by atoms with van der Waals surface area (Å²) in [6, 6.07) is 4.52. The van der Waals surface area contributed by atoms with Gasteiger partial charge in [-0.1, -0.05) is 22.0 Å². The van der Waals surface area contributed by atoms with E-state index in [1.165, 1.54) is 6.07 Å². The van der Waals surface area contributed by atoms with Gasteiger partial charge in [0.15, 0.2) is 0 Å². The van der Waals surface area contributed by atoms with Crippen LogP contribution < -0.4 is 5.73 Å². The Hall–Kier alpha value is -0.900. The summed E-state index contributed by atoms with van der Waals surface area (Å²) in [6.45, 7) is 0. The van der Waals surface area contributed by atoms with Gasteiger partial charge in [0.25, 0.3) is 0 Å². The molecule has 2 N–H and O–H groups in total. The molecule has 0 heterocycles. The van der Waals surface area contributed by atoms with Crippen molar-refractivity contribution >= 4 is 21.8 Å². The molecule has 0 fully saturated rings. The smallest absolute Gasteiger partial charge is 0.221 e. The Morgan fingerprint density at radius 1 is 1.58 bits per heavy atom. The number of hydrogen-bond donors (Lipinski definition) is 1. The third-order valence-corrected chi connectivity index (χ3v) is 2.16. The van der Waals surface area contributed by atoms with E-state index in [1.807, 2.05) is 0 Å². The second-order valence-corrected chi connectivity index (χ2v) is 3.20. The third kappa shape index (κ3) is 2.04. The molecule has 0 bridgehead atoms. The van der Waals surface area contributed by atoms with Gasteiger partial charge in [-0.2, -0.15) is 0 Å². The maximum atomic E-state index is 13.0. The van der Waals surface area contributed by atoms with Crippen molar-refractivity contribution in [2.75, 3.05) is 0 Å². The maximum absolute atomic E-state index is 13.0. The fraction of sp³-hybridized carbons (Fsp3) is 0.125. The number of hydrogen-bond acceptors (Lipinski definition) is 1. The van der Waals surface area contributed by atoms with E-state index in [0.717, 1.165) is 0 Å². The normalized spacial score (nSPS) is 9.83.